The van der Waals surface area contributed by atoms with Gasteiger partial charge in [0.1, 0.15) is 5.75 Å². The van der Waals surface area contributed by atoms with Gasteiger partial charge in [0.2, 0.25) is 0 Å². The summed E-state index contributed by atoms with van der Waals surface area (Å²) in [5.74, 6) is 0.599. The number of methoxy groups -OCH3 is 1. The minimum atomic E-state index is -0.134. The number of aromatic nitrogens is 2. The maximum atomic E-state index is 10.5. The Bertz CT molecular complexity index is 502. The molecule has 2 rings (SSSR count). The van der Waals surface area contributed by atoms with Gasteiger partial charge >= 0.3 is 0 Å². The smallest absolute Gasteiger partial charge is 0.174 e. The number of hydrogen-bond acceptors (Lipinski definition) is 4. The largest absolute Gasteiger partial charge is 0.504 e. The van der Waals surface area contributed by atoms with E-state index in [-0.39, 0.29) is 11.4 Å². The van der Waals surface area contributed by atoms with E-state index in [0.29, 0.717) is 6.29 Å². The van der Waals surface area contributed by atoms with E-state index in [1.807, 2.05) is 0 Å². The highest BCUT2D eigenvalue weighted by Gasteiger charge is 2.07. The Morgan fingerprint density at radius 3 is 2.56 bits per heavy atom. The summed E-state index contributed by atoms with van der Waals surface area (Å²) in [6.45, 7) is 0. The van der Waals surface area contributed by atoms with Gasteiger partial charge in [-0.1, -0.05) is 0 Å². The fourth-order valence-electron chi connectivity index (χ4n) is 1.33. The van der Waals surface area contributed by atoms with Crippen LogP contribution in [0.4, 0.5) is 0 Å². The molecule has 0 fully saturated rings. The first-order valence-electron chi connectivity index (χ1n) is 4.63. The van der Waals surface area contributed by atoms with Crippen molar-refractivity contribution in [2.24, 2.45) is 0 Å². The monoisotopic (exact) mass is 218 g/mol. The lowest BCUT2D eigenvalue weighted by Gasteiger charge is -2.02. The number of carbonyl (C=O) groups excluding carboxylic acids is 1. The number of nitrogens with zero attached hydrogens (tertiary/aromatic N) is 2. The summed E-state index contributed by atoms with van der Waals surface area (Å²) in [5, 5.41) is 13.3. The van der Waals surface area contributed by atoms with Crippen molar-refractivity contribution >= 4 is 6.29 Å². The van der Waals surface area contributed by atoms with Crippen LogP contribution in [0.25, 0.3) is 5.69 Å². The first-order chi connectivity index (χ1) is 7.74. The Labute approximate surface area is 91.9 Å². The van der Waals surface area contributed by atoms with Crippen LogP contribution in [-0.4, -0.2) is 28.3 Å². The first-order valence-corrected chi connectivity index (χ1v) is 4.63. The number of rotatable bonds is 3. The van der Waals surface area contributed by atoms with Crippen LogP contribution in [0.3, 0.4) is 0 Å². The van der Waals surface area contributed by atoms with Crippen LogP contribution in [-0.2, 0) is 0 Å². The summed E-state index contributed by atoms with van der Waals surface area (Å²) in [7, 11) is 1.58. The van der Waals surface area contributed by atoms with Gasteiger partial charge in [-0.2, -0.15) is 5.10 Å². The molecule has 2 aromatic rings. The first kappa shape index (κ1) is 10.2. The van der Waals surface area contributed by atoms with Crippen LogP contribution in [0.15, 0.2) is 30.5 Å². The summed E-state index contributed by atoms with van der Waals surface area (Å²) < 4.78 is 6.45. The van der Waals surface area contributed by atoms with Crippen LogP contribution < -0.4 is 4.74 Å². The van der Waals surface area contributed by atoms with Gasteiger partial charge in [-0.05, 0) is 24.3 Å². The van der Waals surface area contributed by atoms with Crippen molar-refractivity contribution in [1.82, 2.24) is 9.78 Å². The standard InChI is InChI=1S/C11H10N2O3/c1-16-9-4-2-8(3-5-9)13-6-11(15)10(7-14)12-13/h2-7,15H,1H3. The summed E-state index contributed by atoms with van der Waals surface area (Å²) >= 11 is 0. The third-order valence-corrected chi connectivity index (χ3v) is 2.17. The van der Waals surface area contributed by atoms with E-state index >= 15 is 0 Å². The molecule has 0 spiro atoms. The molecular weight excluding hydrogens is 208 g/mol. The second-order valence-corrected chi connectivity index (χ2v) is 3.16. The Balaban J connectivity index is 2.38. The SMILES string of the molecule is COc1ccc(-n2cc(O)c(C=O)n2)cc1. The molecule has 0 amide bonds. The zero-order valence-electron chi connectivity index (χ0n) is 8.62. The zero-order chi connectivity index (χ0) is 11.5. The van der Waals surface area contributed by atoms with Gasteiger partial charge in [-0.25, -0.2) is 4.68 Å². The molecule has 5 nitrogen and oxygen atoms in total. The van der Waals surface area contributed by atoms with Crippen LogP contribution in [0.2, 0.25) is 0 Å². The van der Waals surface area contributed by atoms with E-state index in [9.17, 15) is 9.90 Å². The third-order valence-electron chi connectivity index (χ3n) is 2.17. The van der Waals surface area contributed by atoms with Crippen LogP contribution in [0.5, 0.6) is 11.5 Å². The summed E-state index contributed by atoms with van der Waals surface area (Å²) in [6, 6.07) is 7.10. The van der Waals surface area contributed by atoms with Gasteiger partial charge in [0.05, 0.1) is 19.0 Å². The highest BCUT2D eigenvalue weighted by Crippen LogP contribution is 2.18. The van der Waals surface area contributed by atoms with Crippen LogP contribution >= 0.6 is 0 Å². The molecule has 1 N–H and O–H groups in total. The summed E-state index contributed by atoms with van der Waals surface area (Å²) in [5.41, 5.74) is 0.764. The van der Waals surface area contributed by atoms with E-state index in [1.165, 1.54) is 10.9 Å². The van der Waals surface area contributed by atoms with Gasteiger partial charge in [0, 0.05) is 0 Å². The number of benzene rings is 1. The molecule has 0 bridgehead atoms. The fraction of sp³-hybridized carbons (Fsp3) is 0.0909. The van der Waals surface area contributed by atoms with E-state index in [1.54, 1.807) is 31.4 Å². The van der Waals surface area contributed by atoms with Gasteiger partial charge in [0.25, 0.3) is 0 Å². The normalized spacial score (nSPS) is 10.1. The summed E-state index contributed by atoms with van der Waals surface area (Å²) in [6.07, 6.45) is 1.89. The molecule has 82 valence electrons. The van der Waals surface area contributed by atoms with Crippen LogP contribution in [0.1, 0.15) is 10.5 Å². The minimum Gasteiger partial charge on any atom is -0.504 e. The second kappa shape index (κ2) is 4.06. The molecule has 0 unspecified atom stereocenters. The Morgan fingerprint density at radius 1 is 1.38 bits per heavy atom. The topological polar surface area (TPSA) is 64.3 Å². The van der Waals surface area contributed by atoms with Gasteiger partial charge in [-0.3, -0.25) is 4.79 Å². The van der Waals surface area contributed by atoms with Crippen molar-refractivity contribution in [2.75, 3.05) is 7.11 Å². The van der Waals surface area contributed by atoms with Gasteiger partial charge < -0.3 is 9.84 Å². The van der Waals surface area contributed by atoms with Crippen molar-refractivity contribution in [3.8, 4) is 17.2 Å². The molecule has 0 aliphatic carbocycles. The molecule has 16 heavy (non-hydrogen) atoms. The molecule has 0 saturated carbocycles. The number of aldehydes is 1. The molecule has 0 radical (unpaired) electrons. The predicted molar refractivity (Wildman–Crippen MR) is 57.2 cm³/mol. The Kier molecular flexibility index (Phi) is 2.59. The molecule has 1 aromatic heterocycles. The molecule has 5 heteroatoms. The fourth-order valence-corrected chi connectivity index (χ4v) is 1.33. The van der Waals surface area contributed by atoms with Crippen molar-refractivity contribution in [1.29, 1.82) is 0 Å². The summed E-state index contributed by atoms with van der Waals surface area (Å²) in [4.78, 5) is 10.5. The van der Waals surface area contributed by atoms with E-state index in [2.05, 4.69) is 5.10 Å². The number of ether oxygens (including phenoxy) is 1. The van der Waals surface area contributed by atoms with Gasteiger partial charge in [0.15, 0.2) is 17.7 Å². The van der Waals surface area contributed by atoms with Crippen molar-refractivity contribution in [3.63, 3.8) is 0 Å². The van der Waals surface area contributed by atoms with Crippen molar-refractivity contribution in [2.45, 2.75) is 0 Å². The average molecular weight is 218 g/mol. The van der Waals surface area contributed by atoms with E-state index in [0.717, 1.165) is 11.4 Å². The number of carbonyl (C=O) groups is 1. The maximum absolute atomic E-state index is 10.5. The highest BCUT2D eigenvalue weighted by molar-refractivity contribution is 5.75. The molecule has 1 aromatic carbocycles. The average Bonchev–Trinajstić information content (AvgIpc) is 2.71. The van der Waals surface area contributed by atoms with Gasteiger partial charge in [-0.15, -0.1) is 0 Å². The van der Waals surface area contributed by atoms with Crippen LogP contribution in [0, 0.1) is 0 Å². The quantitative estimate of drug-likeness (QED) is 0.791. The lowest BCUT2D eigenvalue weighted by molar-refractivity contribution is 0.111. The highest BCUT2D eigenvalue weighted by atomic mass is 16.5. The minimum absolute atomic E-state index is 0.0239. The van der Waals surface area contributed by atoms with E-state index < -0.39 is 0 Å². The van der Waals surface area contributed by atoms with Crippen molar-refractivity contribution in [3.05, 3.63) is 36.2 Å². The second-order valence-electron chi connectivity index (χ2n) is 3.16. The van der Waals surface area contributed by atoms with Crippen molar-refractivity contribution < 1.29 is 14.6 Å². The number of aromatic hydroxyl groups is 1. The lowest BCUT2D eigenvalue weighted by atomic mass is 10.3. The maximum Gasteiger partial charge on any atom is 0.174 e. The molecular formula is C11H10N2O3. The Hall–Kier alpha value is -2.30. The predicted octanol–water partition coefficient (Wildman–Crippen LogP) is 1.40. The Morgan fingerprint density at radius 2 is 2.06 bits per heavy atom. The molecule has 0 aliphatic heterocycles. The third kappa shape index (κ3) is 1.75. The molecule has 0 atom stereocenters. The molecule has 0 saturated heterocycles. The zero-order valence-corrected chi connectivity index (χ0v) is 8.62. The number of hydrogen-bond donors (Lipinski definition) is 1. The lowest BCUT2D eigenvalue weighted by Crippen LogP contribution is -1.95. The molecule has 1 heterocycles. The van der Waals surface area contributed by atoms with E-state index in [4.69, 9.17) is 4.74 Å². The molecule has 0 aliphatic rings.